The van der Waals surface area contributed by atoms with Crippen LogP contribution < -0.4 is 20.1 Å². The molecule has 5 rings (SSSR count). The predicted octanol–water partition coefficient (Wildman–Crippen LogP) is 5.18. The Kier molecular flexibility index (Phi) is 10.4. The molecular weight excluding hydrogens is 619 g/mol. The van der Waals surface area contributed by atoms with E-state index >= 15 is 0 Å². The van der Waals surface area contributed by atoms with Crippen LogP contribution in [0.5, 0.6) is 5.75 Å². The average molecular weight is 662 g/mol. The summed E-state index contributed by atoms with van der Waals surface area (Å²) in [6.45, 7) is 0.0884. The van der Waals surface area contributed by atoms with E-state index in [-0.39, 0.29) is 29.2 Å². The second kappa shape index (κ2) is 14.1. The zero-order chi connectivity index (χ0) is 33.1. The van der Waals surface area contributed by atoms with Gasteiger partial charge in [0, 0.05) is 48.5 Å². The molecule has 1 saturated carbocycles. The lowest BCUT2D eigenvalue weighted by Crippen LogP contribution is -2.40. The van der Waals surface area contributed by atoms with Gasteiger partial charge >= 0.3 is 6.18 Å². The number of fused-ring (bicyclic) bond motifs is 1. The van der Waals surface area contributed by atoms with E-state index in [1.807, 2.05) is 11.0 Å². The highest BCUT2D eigenvalue weighted by molar-refractivity contribution is 7.89. The number of anilines is 2. The maximum absolute atomic E-state index is 13.8. The first-order chi connectivity index (χ1) is 21.8. The Hall–Kier alpha value is -3.44. The number of sulfonamides is 1. The Morgan fingerprint density at radius 2 is 1.76 bits per heavy atom. The summed E-state index contributed by atoms with van der Waals surface area (Å²) in [5.41, 5.74) is 2.15. The van der Waals surface area contributed by atoms with Crippen molar-refractivity contribution >= 4 is 32.3 Å². The molecule has 0 unspecified atom stereocenters. The molecule has 2 fully saturated rings. The number of alkyl halides is 3. The van der Waals surface area contributed by atoms with Crippen molar-refractivity contribution in [2.45, 2.75) is 74.3 Å². The first kappa shape index (κ1) is 33.9. The molecule has 3 N–H and O–H groups in total. The molecule has 250 valence electrons. The number of ether oxygens (including phenoxy) is 2. The largest absolute Gasteiger partial charge is 0.495 e. The van der Waals surface area contributed by atoms with E-state index in [0.717, 1.165) is 31.4 Å². The fourth-order valence-corrected chi connectivity index (χ4v) is 7.04. The smallest absolute Gasteiger partial charge is 0.406 e. The molecule has 0 atom stereocenters. The van der Waals surface area contributed by atoms with E-state index in [9.17, 15) is 21.6 Å². The third-order valence-electron chi connectivity index (χ3n) is 8.96. The third-order valence-corrected chi connectivity index (χ3v) is 9.87. The molecule has 2 aromatic carbocycles. The molecule has 0 spiro atoms. The zero-order valence-corrected chi connectivity index (χ0v) is 27.3. The lowest BCUT2D eigenvalue weighted by Gasteiger charge is -2.35. The third kappa shape index (κ3) is 8.09. The van der Waals surface area contributed by atoms with Crippen molar-refractivity contribution in [3.63, 3.8) is 0 Å². The SMILES string of the molecule is COc1cc(S(N)(=O)=O)ccc1N(CC#Cc1cc2c(NC3CCC(N(C)C)CC3)cccc2n1CC(F)(F)F)C1CCOCC1. The molecule has 0 amide bonds. The van der Waals surface area contributed by atoms with Crippen molar-refractivity contribution in [1.29, 1.82) is 0 Å². The van der Waals surface area contributed by atoms with Gasteiger partial charge in [-0.3, -0.25) is 0 Å². The normalized spacial score (nSPS) is 19.6. The van der Waals surface area contributed by atoms with Crippen molar-refractivity contribution < 1.29 is 31.1 Å². The molecule has 1 aliphatic carbocycles. The molecule has 2 heterocycles. The Balaban J connectivity index is 1.48. The van der Waals surface area contributed by atoms with Gasteiger partial charge in [-0.15, -0.1) is 0 Å². The molecule has 13 heteroatoms. The minimum Gasteiger partial charge on any atom is -0.495 e. The van der Waals surface area contributed by atoms with Crippen LogP contribution >= 0.6 is 0 Å². The molecule has 46 heavy (non-hydrogen) atoms. The molecule has 0 radical (unpaired) electrons. The number of methoxy groups -OCH3 is 1. The molecule has 9 nitrogen and oxygen atoms in total. The summed E-state index contributed by atoms with van der Waals surface area (Å²) >= 11 is 0. The van der Waals surface area contributed by atoms with E-state index in [1.165, 1.54) is 23.8 Å². The second-order valence-corrected chi connectivity index (χ2v) is 13.8. The molecule has 0 bridgehead atoms. The van der Waals surface area contributed by atoms with E-state index in [1.54, 1.807) is 24.3 Å². The lowest BCUT2D eigenvalue weighted by atomic mass is 9.90. The van der Waals surface area contributed by atoms with Crippen LogP contribution in [0.4, 0.5) is 24.5 Å². The van der Waals surface area contributed by atoms with E-state index < -0.39 is 22.7 Å². The van der Waals surface area contributed by atoms with Crippen LogP contribution in [-0.4, -0.2) is 83.2 Å². The van der Waals surface area contributed by atoms with Crippen molar-refractivity contribution in [3.05, 3.63) is 48.2 Å². The predicted molar refractivity (Wildman–Crippen MR) is 174 cm³/mol. The maximum Gasteiger partial charge on any atom is 0.406 e. The topological polar surface area (TPSA) is 102 Å². The summed E-state index contributed by atoms with van der Waals surface area (Å²) in [5, 5.41) is 9.65. The molecule has 1 aromatic heterocycles. The second-order valence-electron chi connectivity index (χ2n) is 12.2. The average Bonchev–Trinajstić information content (AvgIpc) is 3.35. The minimum atomic E-state index is -4.44. The first-order valence-corrected chi connectivity index (χ1v) is 17.0. The van der Waals surface area contributed by atoms with Crippen LogP contribution in [0.1, 0.15) is 44.2 Å². The van der Waals surface area contributed by atoms with Crippen LogP contribution in [0.3, 0.4) is 0 Å². The van der Waals surface area contributed by atoms with Gasteiger partial charge in [-0.05, 0) is 88.9 Å². The van der Waals surface area contributed by atoms with Gasteiger partial charge in [-0.2, -0.15) is 13.2 Å². The quantitative estimate of drug-likeness (QED) is 0.305. The standard InChI is InChI=1S/C33H42F3N5O4S/c1-39(2)24-11-9-23(10-12-24)38-29-7-4-8-30-28(29)20-26(41(30)22-33(34,35)36)6-5-17-40(25-15-18-45-19-16-25)31-14-13-27(46(37,42)43)21-32(31)44-3/h4,7-8,13-14,20-21,23-25,38H,9-12,15-19,22H2,1-3H3,(H2,37,42,43). The van der Waals surface area contributed by atoms with Crippen LogP contribution in [0.15, 0.2) is 47.4 Å². The number of nitrogens with one attached hydrogen (secondary N) is 1. The Morgan fingerprint density at radius 3 is 2.39 bits per heavy atom. The Bertz CT molecular complexity index is 1680. The summed E-state index contributed by atoms with van der Waals surface area (Å²) in [4.78, 5) is 4.16. The van der Waals surface area contributed by atoms with Gasteiger partial charge in [0.2, 0.25) is 10.0 Å². The van der Waals surface area contributed by atoms with Crippen molar-refractivity contribution in [3.8, 4) is 17.6 Å². The number of primary sulfonamides is 1. The van der Waals surface area contributed by atoms with Gasteiger partial charge < -0.3 is 29.2 Å². The fourth-order valence-electron chi connectivity index (χ4n) is 6.52. The van der Waals surface area contributed by atoms with Gasteiger partial charge in [0.25, 0.3) is 0 Å². The summed E-state index contributed by atoms with van der Waals surface area (Å²) in [6, 6.07) is 12.3. The van der Waals surface area contributed by atoms with Gasteiger partial charge in [0.05, 0.1) is 35.4 Å². The zero-order valence-electron chi connectivity index (χ0n) is 26.4. The number of hydrogen-bond acceptors (Lipinski definition) is 7. The minimum absolute atomic E-state index is 0.00305. The number of nitrogens with zero attached hydrogens (tertiary/aromatic N) is 3. The Labute approximate surface area is 268 Å². The molecule has 1 saturated heterocycles. The highest BCUT2D eigenvalue weighted by Crippen LogP contribution is 2.35. The van der Waals surface area contributed by atoms with Crippen LogP contribution in [0, 0.1) is 11.8 Å². The number of aromatic nitrogens is 1. The number of nitrogens with two attached hydrogens (primary N) is 1. The van der Waals surface area contributed by atoms with E-state index in [4.69, 9.17) is 14.6 Å². The van der Waals surface area contributed by atoms with E-state index in [0.29, 0.717) is 54.4 Å². The van der Waals surface area contributed by atoms with Crippen LogP contribution in [0.2, 0.25) is 0 Å². The molecule has 1 aliphatic heterocycles. The monoisotopic (exact) mass is 661 g/mol. The Morgan fingerprint density at radius 1 is 1.04 bits per heavy atom. The summed E-state index contributed by atoms with van der Waals surface area (Å²) < 4.78 is 77.8. The lowest BCUT2D eigenvalue weighted by molar-refractivity contribution is -0.140. The van der Waals surface area contributed by atoms with E-state index in [2.05, 4.69) is 36.2 Å². The van der Waals surface area contributed by atoms with Gasteiger partial charge in [0.1, 0.15) is 12.3 Å². The number of hydrogen-bond donors (Lipinski definition) is 2. The van der Waals surface area contributed by atoms with Crippen LogP contribution in [-0.2, 0) is 21.3 Å². The van der Waals surface area contributed by atoms with Crippen molar-refractivity contribution in [2.24, 2.45) is 5.14 Å². The van der Waals surface area contributed by atoms with Crippen LogP contribution in [0.25, 0.3) is 10.9 Å². The highest BCUT2D eigenvalue weighted by Gasteiger charge is 2.31. The molecule has 3 aromatic rings. The maximum atomic E-state index is 13.8. The molecule has 2 aliphatic rings. The van der Waals surface area contributed by atoms with Crippen molar-refractivity contribution in [2.75, 3.05) is 51.2 Å². The van der Waals surface area contributed by atoms with Gasteiger partial charge in [-0.1, -0.05) is 12.0 Å². The van der Waals surface area contributed by atoms with Gasteiger partial charge in [0.15, 0.2) is 0 Å². The van der Waals surface area contributed by atoms with Gasteiger partial charge in [-0.25, -0.2) is 13.6 Å². The summed E-state index contributed by atoms with van der Waals surface area (Å²) in [5.74, 6) is 6.46. The first-order valence-electron chi connectivity index (χ1n) is 15.5. The number of benzene rings is 2. The number of rotatable bonds is 9. The molecular formula is C33H42F3N5O4S. The van der Waals surface area contributed by atoms with Crippen molar-refractivity contribution in [1.82, 2.24) is 9.47 Å². The summed E-state index contributed by atoms with van der Waals surface area (Å²) in [7, 11) is 1.67. The highest BCUT2D eigenvalue weighted by atomic mass is 32.2. The number of halogens is 3. The summed E-state index contributed by atoms with van der Waals surface area (Å²) in [6.07, 6.45) is 1.04. The fraction of sp³-hybridized carbons (Fsp3) is 0.515.